The number of hydrogen-bond donors (Lipinski definition) is 0. The number of benzene rings is 2. The van der Waals surface area contributed by atoms with Gasteiger partial charge in [0.05, 0.1) is 10.8 Å². The zero-order chi connectivity index (χ0) is 20.6. The summed E-state index contributed by atoms with van der Waals surface area (Å²) in [5.74, 6) is 0.180. The fourth-order valence-corrected chi connectivity index (χ4v) is 5.16. The summed E-state index contributed by atoms with van der Waals surface area (Å²) in [6.45, 7) is 2.49. The Morgan fingerprint density at radius 3 is 2.69 bits per heavy atom. The van der Waals surface area contributed by atoms with E-state index in [0.717, 1.165) is 12.0 Å². The zero-order valence-corrected chi connectivity index (χ0v) is 17.3. The summed E-state index contributed by atoms with van der Waals surface area (Å²) in [4.78, 5) is 4.58. The van der Waals surface area contributed by atoms with Crippen LogP contribution in [0.1, 0.15) is 30.2 Å². The Bertz CT molecular complexity index is 1130. The average molecular weight is 436 g/mol. The Hall–Kier alpha value is -2.29. The summed E-state index contributed by atoms with van der Waals surface area (Å²) < 4.78 is 46.0. The standard InChI is InChI=1S/C20H19ClFN3O3S/c1-13-4-9-17(11-18(13)21)29(26,27)25-10-2-3-15(12-25)20-23-19(24-28-20)14-5-7-16(22)8-6-14/h4-9,11,15H,2-3,10,12H2,1H3. The molecule has 9 heteroatoms. The van der Waals surface area contributed by atoms with Gasteiger partial charge in [-0.25, -0.2) is 12.8 Å². The summed E-state index contributed by atoms with van der Waals surface area (Å²) in [5.41, 5.74) is 1.46. The zero-order valence-electron chi connectivity index (χ0n) is 15.7. The van der Waals surface area contributed by atoms with Crippen molar-refractivity contribution in [3.63, 3.8) is 0 Å². The first-order chi connectivity index (χ1) is 13.8. The van der Waals surface area contributed by atoms with E-state index < -0.39 is 10.0 Å². The molecule has 1 unspecified atom stereocenters. The van der Waals surface area contributed by atoms with Gasteiger partial charge >= 0.3 is 0 Å². The number of aryl methyl sites for hydroxylation is 1. The van der Waals surface area contributed by atoms with E-state index in [1.165, 1.54) is 22.5 Å². The molecule has 0 amide bonds. The molecule has 0 aliphatic carbocycles. The van der Waals surface area contributed by atoms with Crippen molar-refractivity contribution >= 4 is 21.6 Å². The van der Waals surface area contributed by atoms with E-state index in [0.29, 0.717) is 35.3 Å². The van der Waals surface area contributed by atoms with Gasteiger partial charge in [-0.05, 0) is 61.7 Å². The topological polar surface area (TPSA) is 76.3 Å². The number of piperidine rings is 1. The molecule has 1 fully saturated rings. The van der Waals surface area contributed by atoms with Crippen LogP contribution in [0, 0.1) is 12.7 Å². The molecule has 0 radical (unpaired) electrons. The van der Waals surface area contributed by atoms with Crippen molar-refractivity contribution in [1.82, 2.24) is 14.4 Å². The highest BCUT2D eigenvalue weighted by atomic mass is 35.5. The van der Waals surface area contributed by atoms with Crippen LogP contribution in [-0.2, 0) is 10.0 Å². The van der Waals surface area contributed by atoms with Crippen molar-refractivity contribution in [3.05, 3.63) is 64.8 Å². The highest BCUT2D eigenvalue weighted by molar-refractivity contribution is 7.89. The molecule has 2 aromatic carbocycles. The van der Waals surface area contributed by atoms with Gasteiger partial charge in [0, 0.05) is 23.7 Å². The largest absolute Gasteiger partial charge is 0.339 e. The van der Waals surface area contributed by atoms with Gasteiger partial charge in [0.25, 0.3) is 0 Å². The summed E-state index contributed by atoms with van der Waals surface area (Å²) in [7, 11) is -3.67. The molecular weight excluding hydrogens is 417 g/mol. The van der Waals surface area contributed by atoms with Gasteiger partial charge in [-0.1, -0.05) is 22.8 Å². The molecule has 4 rings (SSSR count). The van der Waals surface area contributed by atoms with Crippen LogP contribution in [0.2, 0.25) is 5.02 Å². The lowest BCUT2D eigenvalue weighted by molar-refractivity contribution is 0.265. The van der Waals surface area contributed by atoms with Crippen LogP contribution in [0.4, 0.5) is 4.39 Å². The lowest BCUT2D eigenvalue weighted by Gasteiger charge is -2.30. The van der Waals surface area contributed by atoms with Crippen LogP contribution in [0.5, 0.6) is 0 Å². The van der Waals surface area contributed by atoms with Crippen molar-refractivity contribution in [1.29, 1.82) is 0 Å². The number of aromatic nitrogens is 2. The Kier molecular flexibility index (Phi) is 5.42. The Morgan fingerprint density at radius 2 is 1.97 bits per heavy atom. The number of rotatable bonds is 4. The van der Waals surface area contributed by atoms with Crippen LogP contribution in [0.15, 0.2) is 51.9 Å². The highest BCUT2D eigenvalue weighted by Gasteiger charge is 2.33. The summed E-state index contributed by atoms with van der Waals surface area (Å²) in [5, 5.41) is 4.38. The van der Waals surface area contributed by atoms with Gasteiger partial charge in [-0.3, -0.25) is 0 Å². The van der Waals surface area contributed by atoms with Gasteiger partial charge < -0.3 is 4.52 Å². The minimum absolute atomic E-state index is 0.172. The SMILES string of the molecule is Cc1ccc(S(=O)(=O)N2CCCC(c3nc(-c4ccc(F)cc4)no3)C2)cc1Cl. The molecule has 1 atom stereocenters. The van der Waals surface area contributed by atoms with Gasteiger partial charge in [0.2, 0.25) is 21.7 Å². The molecule has 0 spiro atoms. The Morgan fingerprint density at radius 1 is 1.21 bits per heavy atom. The third-order valence-electron chi connectivity index (χ3n) is 5.06. The molecule has 1 aliphatic rings. The molecule has 2 heterocycles. The predicted molar refractivity (Wildman–Crippen MR) is 107 cm³/mol. The number of nitrogens with zero attached hydrogens (tertiary/aromatic N) is 3. The Labute approximate surface area is 173 Å². The van der Waals surface area contributed by atoms with Crippen molar-refractivity contribution < 1.29 is 17.3 Å². The van der Waals surface area contributed by atoms with Gasteiger partial charge in [0.15, 0.2) is 0 Å². The predicted octanol–water partition coefficient (Wildman–Crippen LogP) is 4.41. The molecule has 1 aliphatic heterocycles. The van der Waals surface area contributed by atoms with E-state index >= 15 is 0 Å². The van der Waals surface area contributed by atoms with Crippen LogP contribution in [0.3, 0.4) is 0 Å². The van der Waals surface area contributed by atoms with Crippen LogP contribution in [0.25, 0.3) is 11.4 Å². The second-order valence-corrected chi connectivity index (χ2v) is 9.42. The van der Waals surface area contributed by atoms with Crippen LogP contribution < -0.4 is 0 Å². The molecule has 1 aromatic heterocycles. The van der Waals surface area contributed by atoms with Crippen LogP contribution >= 0.6 is 11.6 Å². The number of hydrogen-bond acceptors (Lipinski definition) is 5. The second-order valence-electron chi connectivity index (χ2n) is 7.08. The lowest BCUT2D eigenvalue weighted by atomic mass is 10.00. The van der Waals surface area contributed by atoms with Crippen LogP contribution in [-0.4, -0.2) is 36.0 Å². The molecule has 29 heavy (non-hydrogen) atoms. The van der Waals surface area contributed by atoms with Gasteiger partial charge in [0.1, 0.15) is 5.82 Å². The number of halogens is 2. The molecule has 0 bridgehead atoms. The third-order valence-corrected chi connectivity index (χ3v) is 7.33. The molecular formula is C20H19ClFN3O3S. The average Bonchev–Trinajstić information content (AvgIpc) is 3.21. The van der Waals surface area contributed by atoms with E-state index in [4.69, 9.17) is 16.1 Å². The summed E-state index contributed by atoms with van der Waals surface area (Å²) in [6, 6.07) is 10.5. The summed E-state index contributed by atoms with van der Waals surface area (Å²) >= 11 is 6.11. The van der Waals surface area contributed by atoms with Crippen molar-refractivity contribution in [2.45, 2.75) is 30.6 Å². The normalized spacial score (nSPS) is 18.1. The first-order valence-corrected chi connectivity index (χ1v) is 11.0. The molecule has 0 saturated carbocycles. The van der Waals surface area contributed by atoms with Gasteiger partial charge in [-0.2, -0.15) is 9.29 Å². The fourth-order valence-electron chi connectivity index (χ4n) is 3.36. The monoisotopic (exact) mass is 435 g/mol. The molecule has 6 nitrogen and oxygen atoms in total. The maximum atomic E-state index is 13.1. The van der Waals surface area contributed by atoms with E-state index in [2.05, 4.69) is 10.1 Å². The lowest BCUT2D eigenvalue weighted by Crippen LogP contribution is -2.39. The molecule has 0 N–H and O–H groups in total. The molecule has 152 valence electrons. The van der Waals surface area contributed by atoms with Crippen molar-refractivity contribution in [2.24, 2.45) is 0 Å². The second kappa shape index (κ2) is 7.85. The first kappa shape index (κ1) is 20.0. The van der Waals surface area contributed by atoms with Gasteiger partial charge in [-0.15, -0.1) is 0 Å². The minimum Gasteiger partial charge on any atom is -0.339 e. The summed E-state index contributed by atoms with van der Waals surface area (Å²) in [6.07, 6.45) is 1.42. The van der Waals surface area contributed by atoms with Crippen molar-refractivity contribution in [2.75, 3.05) is 13.1 Å². The van der Waals surface area contributed by atoms with E-state index in [1.54, 1.807) is 24.3 Å². The first-order valence-electron chi connectivity index (χ1n) is 9.20. The smallest absolute Gasteiger partial charge is 0.243 e. The maximum absolute atomic E-state index is 13.1. The maximum Gasteiger partial charge on any atom is 0.243 e. The Balaban J connectivity index is 1.55. The fraction of sp³-hybridized carbons (Fsp3) is 0.300. The van der Waals surface area contributed by atoms with E-state index in [9.17, 15) is 12.8 Å². The molecule has 3 aromatic rings. The minimum atomic E-state index is -3.67. The van der Waals surface area contributed by atoms with E-state index in [1.807, 2.05) is 6.92 Å². The molecule has 1 saturated heterocycles. The highest BCUT2D eigenvalue weighted by Crippen LogP contribution is 2.31. The number of sulfonamides is 1. The van der Waals surface area contributed by atoms with E-state index in [-0.39, 0.29) is 23.2 Å². The van der Waals surface area contributed by atoms with Crippen molar-refractivity contribution in [3.8, 4) is 11.4 Å². The quantitative estimate of drug-likeness (QED) is 0.606. The third kappa shape index (κ3) is 4.05.